The zero-order valence-corrected chi connectivity index (χ0v) is 14.6. The zero-order chi connectivity index (χ0) is 18.9. The lowest BCUT2D eigenvalue weighted by atomic mass is 10.1. The number of rotatable bonds is 6. The quantitative estimate of drug-likeness (QED) is 0.635. The van der Waals surface area contributed by atoms with Gasteiger partial charge in [0.05, 0.1) is 17.9 Å². The van der Waals surface area contributed by atoms with Gasteiger partial charge in [0, 0.05) is 36.7 Å². The molecule has 1 aliphatic rings. The molecular formula is C20H19F3N4. The number of nitrogens with zero attached hydrogens (tertiary/aromatic N) is 4. The Bertz CT molecular complexity index is 901. The summed E-state index contributed by atoms with van der Waals surface area (Å²) >= 11 is 0. The summed E-state index contributed by atoms with van der Waals surface area (Å²) < 4.78 is 41.8. The van der Waals surface area contributed by atoms with Gasteiger partial charge in [-0.3, -0.25) is 14.6 Å². The molecule has 3 aromatic rings. The van der Waals surface area contributed by atoms with Crippen molar-refractivity contribution in [1.82, 2.24) is 19.7 Å². The molecule has 4 rings (SSSR count). The summed E-state index contributed by atoms with van der Waals surface area (Å²) in [5.41, 5.74) is 1.64. The normalized spacial score (nSPS) is 14.7. The first-order chi connectivity index (χ1) is 13.0. The molecule has 0 amide bonds. The molecule has 0 radical (unpaired) electrons. The number of halogens is 3. The van der Waals surface area contributed by atoms with Gasteiger partial charge in [-0.25, -0.2) is 0 Å². The van der Waals surface area contributed by atoms with Crippen molar-refractivity contribution in [3.8, 4) is 11.3 Å². The topological polar surface area (TPSA) is 34.0 Å². The molecule has 7 heteroatoms. The summed E-state index contributed by atoms with van der Waals surface area (Å²) in [7, 11) is 0. The van der Waals surface area contributed by atoms with E-state index in [0.717, 1.165) is 30.2 Å². The van der Waals surface area contributed by atoms with Gasteiger partial charge in [-0.05, 0) is 42.7 Å². The van der Waals surface area contributed by atoms with Crippen LogP contribution in [0.2, 0.25) is 0 Å². The summed E-state index contributed by atoms with van der Waals surface area (Å²) in [6.07, 6.45) is 2.79. The molecule has 0 atom stereocenters. The van der Waals surface area contributed by atoms with Crippen LogP contribution in [0.4, 0.5) is 13.2 Å². The van der Waals surface area contributed by atoms with Crippen LogP contribution in [0.3, 0.4) is 0 Å². The molecule has 2 aromatic heterocycles. The summed E-state index contributed by atoms with van der Waals surface area (Å²) in [6.45, 7) is 0.692. The lowest BCUT2D eigenvalue weighted by molar-refractivity contribution is -0.138. The number of benzene rings is 1. The van der Waals surface area contributed by atoms with Gasteiger partial charge in [-0.15, -0.1) is 0 Å². The lowest BCUT2D eigenvalue weighted by Crippen LogP contribution is -2.30. The minimum absolute atomic E-state index is 0.246. The third kappa shape index (κ3) is 4.03. The lowest BCUT2D eigenvalue weighted by Gasteiger charge is -2.25. The minimum atomic E-state index is -4.35. The first-order valence-electron chi connectivity index (χ1n) is 8.84. The first kappa shape index (κ1) is 17.7. The van der Waals surface area contributed by atoms with Gasteiger partial charge in [0.2, 0.25) is 0 Å². The summed E-state index contributed by atoms with van der Waals surface area (Å²) in [4.78, 5) is 6.10. The average molecular weight is 372 g/mol. The van der Waals surface area contributed by atoms with Crippen molar-refractivity contribution in [2.75, 3.05) is 0 Å². The summed E-state index contributed by atoms with van der Waals surface area (Å²) in [5, 5.41) is 4.39. The van der Waals surface area contributed by atoms with Crippen molar-refractivity contribution in [2.24, 2.45) is 0 Å². The van der Waals surface area contributed by atoms with E-state index in [1.165, 1.54) is 6.07 Å². The number of aromatic nitrogens is 3. The highest BCUT2D eigenvalue weighted by atomic mass is 19.4. The van der Waals surface area contributed by atoms with Gasteiger partial charge in [-0.1, -0.05) is 18.2 Å². The number of hydrogen-bond acceptors (Lipinski definition) is 3. The van der Waals surface area contributed by atoms with E-state index in [4.69, 9.17) is 0 Å². The average Bonchev–Trinajstić information content (AvgIpc) is 3.41. The Hall–Kier alpha value is -2.67. The molecular weight excluding hydrogens is 353 g/mol. The van der Waals surface area contributed by atoms with Crippen LogP contribution in [0.1, 0.15) is 24.0 Å². The molecule has 4 nitrogen and oxygen atoms in total. The van der Waals surface area contributed by atoms with Gasteiger partial charge < -0.3 is 0 Å². The maximum absolute atomic E-state index is 13.3. The highest BCUT2D eigenvalue weighted by Crippen LogP contribution is 2.35. The first-order valence-corrected chi connectivity index (χ1v) is 8.84. The second-order valence-corrected chi connectivity index (χ2v) is 6.73. The largest absolute Gasteiger partial charge is 0.416 e. The van der Waals surface area contributed by atoms with E-state index in [9.17, 15) is 13.2 Å². The molecule has 140 valence electrons. The molecule has 1 saturated carbocycles. The smallest absolute Gasteiger partial charge is 0.277 e. The van der Waals surface area contributed by atoms with Crippen molar-refractivity contribution in [2.45, 2.75) is 38.3 Å². The molecule has 0 bridgehead atoms. The number of hydrogen-bond donors (Lipinski definition) is 0. The number of pyridine rings is 1. The van der Waals surface area contributed by atoms with E-state index >= 15 is 0 Å². The van der Waals surface area contributed by atoms with E-state index in [1.54, 1.807) is 30.7 Å². The van der Waals surface area contributed by atoms with Crippen LogP contribution >= 0.6 is 0 Å². The monoisotopic (exact) mass is 372 g/mol. The second kappa shape index (κ2) is 7.15. The Morgan fingerprint density at radius 1 is 1.00 bits per heavy atom. The second-order valence-electron chi connectivity index (χ2n) is 6.73. The predicted octanol–water partition coefficient (Wildman–Crippen LogP) is 4.59. The maximum Gasteiger partial charge on any atom is 0.416 e. The fraction of sp³-hybridized carbons (Fsp3) is 0.300. The van der Waals surface area contributed by atoms with Gasteiger partial charge in [0.15, 0.2) is 0 Å². The maximum atomic E-state index is 13.3. The third-order valence-electron chi connectivity index (χ3n) is 4.77. The zero-order valence-electron chi connectivity index (χ0n) is 14.6. The van der Waals surface area contributed by atoms with Crippen molar-refractivity contribution < 1.29 is 13.2 Å². The van der Waals surface area contributed by atoms with Crippen LogP contribution < -0.4 is 0 Å². The minimum Gasteiger partial charge on any atom is -0.277 e. The fourth-order valence-corrected chi connectivity index (χ4v) is 3.27. The Balaban J connectivity index is 1.59. The van der Waals surface area contributed by atoms with Crippen LogP contribution in [0.15, 0.2) is 61.1 Å². The van der Waals surface area contributed by atoms with Gasteiger partial charge in [0.1, 0.15) is 0 Å². The highest BCUT2D eigenvalue weighted by molar-refractivity contribution is 5.58. The van der Waals surface area contributed by atoms with Crippen molar-refractivity contribution >= 4 is 0 Å². The van der Waals surface area contributed by atoms with Crippen LogP contribution in [-0.4, -0.2) is 25.7 Å². The summed E-state index contributed by atoms with van der Waals surface area (Å²) in [5.74, 6) is 0. The molecule has 1 fully saturated rings. The number of alkyl halides is 3. The molecule has 1 aromatic carbocycles. The fourth-order valence-electron chi connectivity index (χ4n) is 3.27. The van der Waals surface area contributed by atoms with Gasteiger partial charge in [0.25, 0.3) is 0 Å². The molecule has 0 saturated heterocycles. The highest BCUT2D eigenvalue weighted by Gasteiger charge is 2.35. The Kier molecular flexibility index (Phi) is 4.70. The molecule has 0 aliphatic heterocycles. The Morgan fingerprint density at radius 3 is 2.44 bits per heavy atom. The van der Waals surface area contributed by atoms with Crippen LogP contribution in [0, 0.1) is 0 Å². The van der Waals surface area contributed by atoms with Crippen LogP contribution in [-0.2, 0) is 19.4 Å². The molecule has 27 heavy (non-hydrogen) atoms. The molecule has 2 heterocycles. The standard InChI is InChI=1S/C20H19F3N4/c21-20(22,23)18-4-2-1-3-16(18)13-26(17-5-6-17)14-27-19(9-12-25-27)15-7-10-24-11-8-15/h1-4,7-12,17H,5-6,13-14H2. The van der Waals surface area contributed by atoms with E-state index < -0.39 is 11.7 Å². The van der Waals surface area contributed by atoms with E-state index in [1.807, 2.05) is 22.9 Å². The van der Waals surface area contributed by atoms with Crippen LogP contribution in [0.25, 0.3) is 11.3 Å². The molecule has 0 spiro atoms. The predicted molar refractivity (Wildman–Crippen MR) is 95.5 cm³/mol. The van der Waals surface area contributed by atoms with Crippen molar-refractivity contribution in [1.29, 1.82) is 0 Å². The molecule has 1 aliphatic carbocycles. The summed E-state index contributed by atoms with van der Waals surface area (Å²) in [6, 6.07) is 11.8. The van der Waals surface area contributed by atoms with Gasteiger partial charge >= 0.3 is 6.18 Å². The SMILES string of the molecule is FC(F)(F)c1ccccc1CN(Cn1nccc1-c1ccncc1)C1CC1. The van der Waals surface area contributed by atoms with Crippen molar-refractivity contribution in [3.05, 3.63) is 72.2 Å². The van der Waals surface area contributed by atoms with Gasteiger partial charge in [-0.2, -0.15) is 18.3 Å². The van der Waals surface area contributed by atoms with E-state index in [2.05, 4.69) is 15.0 Å². The van der Waals surface area contributed by atoms with E-state index in [-0.39, 0.29) is 6.54 Å². The third-order valence-corrected chi connectivity index (χ3v) is 4.77. The molecule has 0 unspecified atom stereocenters. The molecule has 0 N–H and O–H groups in total. The van der Waals surface area contributed by atoms with E-state index in [0.29, 0.717) is 18.3 Å². The van der Waals surface area contributed by atoms with Crippen LogP contribution in [0.5, 0.6) is 0 Å². The Labute approximate surface area is 155 Å². The van der Waals surface area contributed by atoms with Crippen molar-refractivity contribution in [3.63, 3.8) is 0 Å². The Morgan fingerprint density at radius 2 is 1.74 bits per heavy atom.